The van der Waals surface area contributed by atoms with Crippen LogP contribution in [-0.2, 0) is 19.6 Å². The minimum absolute atomic E-state index is 0.0347. The summed E-state index contributed by atoms with van der Waals surface area (Å²) in [6.45, 7) is 3.71. The van der Waals surface area contributed by atoms with E-state index >= 15 is 0 Å². The number of halogens is 1. The van der Waals surface area contributed by atoms with Crippen LogP contribution < -0.4 is 0 Å². The maximum atomic E-state index is 13.5. The molecule has 0 saturated carbocycles. The molecule has 0 fully saturated rings. The van der Waals surface area contributed by atoms with Gasteiger partial charge in [-0.3, -0.25) is 4.79 Å². The Hall–Kier alpha value is -3.30. The van der Waals surface area contributed by atoms with Crippen molar-refractivity contribution in [2.75, 3.05) is 0 Å². The quantitative estimate of drug-likeness (QED) is 0.337. The van der Waals surface area contributed by atoms with Crippen molar-refractivity contribution in [3.63, 3.8) is 0 Å². The monoisotopic (exact) mass is 428 g/mol. The van der Waals surface area contributed by atoms with E-state index in [1.807, 2.05) is 90.8 Å². The number of carbonyl (C=O) groups excluding carboxylic acids is 1. The first-order valence-electron chi connectivity index (χ1n) is 10.4. The molecule has 0 aliphatic heterocycles. The molecule has 0 aliphatic rings. The molecule has 4 aromatic rings. The van der Waals surface area contributed by atoms with Gasteiger partial charge in [0.25, 0.3) is 5.91 Å². The largest absolute Gasteiger partial charge is 0.345 e. The topological polar surface area (TPSA) is 25.2 Å². The molecule has 1 aromatic heterocycles. The number of rotatable bonds is 7. The molecule has 4 heteroatoms. The Morgan fingerprint density at radius 1 is 0.839 bits per heavy atom. The lowest BCUT2D eigenvalue weighted by Crippen LogP contribution is -2.31. The molecule has 1 heterocycles. The van der Waals surface area contributed by atoms with Gasteiger partial charge in [-0.15, -0.1) is 0 Å². The molecule has 31 heavy (non-hydrogen) atoms. The maximum absolute atomic E-state index is 13.5. The van der Waals surface area contributed by atoms with Crippen molar-refractivity contribution in [2.24, 2.45) is 0 Å². The summed E-state index contributed by atoms with van der Waals surface area (Å²) in [6.07, 6.45) is 2.04. The second-order valence-electron chi connectivity index (χ2n) is 7.68. The third-order valence-corrected chi connectivity index (χ3v) is 5.82. The predicted molar refractivity (Wildman–Crippen MR) is 126 cm³/mol. The van der Waals surface area contributed by atoms with Gasteiger partial charge in [-0.2, -0.15) is 0 Å². The lowest BCUT2D eigenvalue weighted by molar-refractivity contribution is 0.0725. The molecule has 156 valence electrons. The normalized spacial score (nSPS) is 10.8. The number of amides is 1. The lowest BCUT2D eigenvalue weighted by Gasteiger charge is -2.25. The molecule has 0 saturated heterocycles. The fourth-order valence-electron chi connectivity index (χ4n) is 3.74. The Morgan fingerprint density at radius 2 is 1.55 bits per heavy atom. The lowest BCUT2D eigenvalue weighted by atomic mass is 10.1. The third-order valence-electron chi connectivity index (χ3n) is 5.45. The molecule has 0 aliphatic carbocycles. The molecule has 0 bridgehead atoms. The highest BCUT2D eigenvalue weighted by Crippen LogP contribution is 2.20. The number of hydrogen-bond acceptors (Lipinski definition) is 1. The second-order valence-corrected chi connectivity index (χ2v) is 8.09. The van der Waals surface area contributed by atoms with Crippen LogP contribution in [0.2, 0.25) is 5.02 Å². The number of aromatic nitrogens is 1. The second kappa shape index (κ2) is 9.67. The molecule has 1 amide bonds. The molecule has 3 aromatic carbocycles. The summed E-state index contributed by atoms with van der Waals surface area (Å²) in [5.41, 5.74) is 4.95. The fourth-order valence-corrected chi connectivity index (χ4v) is 3.93. The van der Waals surface area contributed by atoms with Crippen molar-refractivity contribution < 1.29 is 4.79 Å². The van der Waals surface area contributed by atoms with Crippen LogP contribution in [0.3, 0.4) is 0 Å². The van der Waals surface area contributed by atoms with Crippen molar-refractivity contribution in [3.05, 3.63) is 130 Å². The van der Waals surface area contributed by atoms with Crippen molar-refractivity contribution in [3.8, 4) is 0 Å². The number of aryl methyl sites for hydroxylation is 1. The van der Waals surface area contributed by atoms with Crippen LogP contribution in [-0.4, -0.2) is 15.4 Å². The highest BCUT2D eigenvalue weighted by atomic mass is 35.5. The molecule has 0 atom stereocenters. The molecule has 0 unspecified atom stereocenters. The van der Waals surface area contributed by atoms with E-state index in [2.05, 4.69) is 22.8 Å². The average Bonchev–Trinajstić information content (AvgIpc) is 3.22. The van der Waals surface area contributed by atoms with Gasteiger partial charge in [-0.05, 0) is 47.9 Å². The van der Waals surface area contributed by atoms with E-state index in [1.54, 1.807) is 0 Å². The Bertz CT molecular complexity index is 1170. The van der Waals surface area contributed by atoms with Gasteiger partial charge in [0.2, 0.25) is 0 Å². The minimum Gasteiger partial charge on any atom is -0.345 e. The van der Waals surface area contributed by atoms with Crippen LogP contribution in [0.15, 0.2) is 97.2 Å². The Labute approximate surface area is 188 Å². The fraction of sp³-hybridized carbons (Fsp3) is 0.148. The van der Waals surface area contributed by atoms with Crippen molar-refractivity contribution in [1.29, 1.82) is 0 Å². The van der Waals surface area contributed by atoms with Crippen LogP contribution >= 0.6 is 11.6 Å². The van der Waals surface area contributed by atoms with Gasteiger partial charge in [0.05, 0.1) is 6.54 Å². The zero-order valence-electron chi connectivity index (χ0n) is 17.5. The van der Waals surface area contributed by atoms with E-state index < -0.39 is 0 Å². The van der Waals surface area contributed by atoms with E-state index in [4.69, 9.17) is 11.6 Å². The van der Waals surface area contributed by atoms with E-state index in [9.17, 15) is 4.79 Å². The first-order valence-corrected chi connectivity index (χ1v) is 10.8. The summed E-state index contributed by atoms with van der Waals surface area (Å²) in [7, 11) is 0. The highest BCUT2D eigenvalue weighted by molar-refractivity contribution is 6.31. The van der Waals surface area contributed by atoms with Crippen molar-refractivity contribution in [1.82, 2.24) is 9.47 Å². The number of nitrogens with zero attached hydrogens (tertiary/aromatic N) is 2. The van der Waals surface area contributed by atoms with E-state index in [0.29, 0.717) is 19.6 Å². The van der Waals surface area contributed by atoms with Crippen molar-refractivity contribution in [2.45, 2.75) is 26.6 Å². The van der Waals surface area contributed by atoms with Gasteiger partial charge in [0, 0.05) is 35.6 Å². The highest BCUT2D eigenvalue weighted by Gasteiger charge is 2.19. The van der Waals surface area contributed by atoms with Crippen LogP contribution in [0.25, 0.3) is 0 Å². The van der Waals surface area contributed by atoms with Crippen LogP contribution in [0.5, 0.6) is 0 Å². The van der Waals surface area contributed by atoms with Gasteiger partial charge in [0.1, 0.15) is 0 Å². The van der Waals surface area contributed by atoms with E-state index in [-0.39, 0.29) is 5.91 Å². The maximum Gasteiger partial charge on any atom is 0.254 e. The molecule has 3 nitrogen and oxygen atoms in total. The van der Waals surface area contributed by atoms with Gasteiger partial charge in [-0.1, -0.05) is 78.3 Å². The summed E-state index contributed by atoms with van der Waals surface area (Å²) < 4.78 is 2.16. The third kappa shape index (κ3) is 5.07. The van der Waals surface area contributed by atoms with Gasteiger partial charge in [0.15, 0.2) is 0 Å². The van der Waals surface area contributed by atoms with Crippen LogP contribution in [0, 0.1) is 6.92 Å². The molecule has 0 spiro atoms. The van der Waals surface area contributed by atoms with Crippen molar-refractivity contribution >= 4 is 17.5 Å². The smallest absolute Gasteiger partial charge is 0.254 e. The summed E-state index contributed by atoms with van der Waals surface area (Å²) >= 11 is 6.38. The zero-order valence-corrected chi connectivity index (χ0v) is 18.3. The van der Waals surface area contributed by atoms with E-state index in [0.717, 1.165) is 33.0 Å². The first-order chi connectivity index (χ1) is 15.1. The van der Waals surface area contributed by atoms with E-state index in [1.165, 1.54) is 0 Å². The standard InChI is InChI=1S/C27H25ClN2O/c1-21-10-5-7-15-25(21)27(31)30(18-22-11-3-2-4-12-22)20-24-14-9-17-29(24)19-23-13-6-8-16-26(23)28/h2-17H,18-20H2,1H3. The molecule has 4 rings (SSSR count). The van der Waals surface area contributed by atoms with Gasteiger partial charge >= 0.3 is 0 Å². The van der Waals surface area contributed by atoms with Crippen LogP contribution in [0.4, 0.5) is 0 Å². The Morgan fingerprint density at radius 3 is 2.32 bits per heavy atom. The predicted octanol–water partition coefficient (Wildman–Crippen LogP) is 6.34. The Balaban J connectivity index is 1.63. The number of benzene rings is 3. The molecular formula is C27H25ClN2O. The number of hydrogen-bond donors (Lipinski definition) is 0. The first kappa shape index (κ1) is 21.0. The minimum atomic E-state index is 0.0347. The average molecular weight is 429 g/mol. The van der Waals surface area contributed by atoms with Crippen LogP contribution in [0.1, 0.15) is 32.7 Å². The molecular weight excluding hydrogens is 404 g/mol. The molecule has 0 radical (unpaired) electrons. The summed E-state index contributed by atoms with van der Waals surface area (Å²) in [6, 6.07) is 29.8. The number of carbonyl (C=O) groups is 1. The SMILES string of the molecule is Cc1ccccc1C(=O)N(Cc1ccccc1)Cc1cccn1Cc1ccccc1Cl. The summed E-state index contributed by atoms with van der Waals surface area (Å²) in [5, 5.41) is 0.749. The summed E-state index contributed by atoms with van der Waals surface area (Å²) in [4.78, 5) is 15.4. The van der Waals surface area contributed by atoms with Gasteiger partial charge < -0.3 is 9.47 Å². The molecule has 0 N–H and O–H groups in total. The Kier molecular flexibility index (Phi) is 6.54. The summed E-state index contributed by atoms with van der Waals surface area (Å²) in [5.74, 6) is 0.0347. The van der Waals surface area contributed by atoms with Gasteiger partial charge in [-0.25, -0.2) is 0 Å². The zero-order chi connectivity index (χ0) is 21.6.